The summed E-state index contributed by atoms with van der Waals surface area (Å²) in [4.78, 5) is 11.7. The average molecular weight is 530 g/mol. The molecule has 2 aromatic rings. The molecule has 158 valence electrons. The van der Waals surface area contributed by atoms with Crippen LogP contribution in [0, 0.1) is 11.8 Å². The summed E-state index contributed by atoms with van der Waals surface area (Å²) in [7, 11) is 0. The smallest absolute Gasteiger partial charge is 0.228 e. The Morgan fingerprint density at radius 3 is 2.72 bits per heavy atom. The Balaban J connectivity index is 0.00000240. The Morgan fingerprint density at radius 1 is 1.28 bits per heavy atom. The molecule has 1 aromatic heterocycles. The normalized spacial score (nSPS) is 21.6. The zero-order valence-electron chi connectivity index (χ0n) is 16.8. The van der Waals surface area contributed by atoms with Crippen LogP contribution in [-0.4, -0.2) is 47.2 Å². The van der Waals surface area contributed by atoms with Crippen molar-refractivity contribution in [2.24, 2.45) is 16.8 Å². The SMILES string of the molecule is CCNC(=NCCc1nc(-c2cccc(Cl)c2)no1)N1CC2CCCCC2C1.I. The lowest BCUT2D eigenvalue weighted by atomic mass is 9.82. The molecule has 1 N–H and O–H groups in total. The second-order valence-corrected chi connectivity index (χ2v) is 8.15. The summed E-state index contributed by atoms with van der Waals surface area (Å²) in [6.45, 7) is 5.90. The van der Waals surface area contributed by atoms with Crippen LogP contribution in [0.15, 0.2) is 33.8 Å². The quantitative estimate of drug-likeness (QED) is 0.347. The van der Waals surface area contributed by atoms with Crippen LogP contribution in [0.3, 0.4) is 0 Å². The minimum Gasteiger partial charge on any atom is -0.357 e. The van der Waals surface area contributed by atoms with E-state index in [0.29, 0.717) is 29.7 Å². The molecule has 0 amide bonds. The number of nitrogens with one attached hydrogen (secondary N) is 1. The number of likely N-dealkylation sites (tertiary alicyclic amines) is 1. The molecule has 1 aliphatic heterocycles. The molecule has 2 fully saturated rings. The number of benzene rings is 1. The number of nitrogens with zero attached hydrogens (tertiary/aromatic N) is 4. The number of aromatic nitrogens is 2. The molecule has 29 heavy (non-hydrogen) atoms. The highest BCUT2D eigenvalue weighted by atomic mass is 127. The fourth-order valence-electron chi connectivity index (χ4n) is 4.36. The van der Waals surface area contributed by atoms with Crippen molar-refractivity contribution in [1.82, 2.24) is 20.4 Å². The number of halogens is 2. The van der Waals surface area contributed by atoms with Crippen molar-refractivity contribution in [1.29, 1.82) is 0 Å². The standard InChI is InChI=1S/C21H28ClN5O.HI/c1-2-23-21(27-13-16-6-3-4-7-17(16)14-27)24-11-10-19-25-20(26-28-19)15-8-5-9-18(22)12-15;/h5,8-9,12,16-17H,2-4,6-7,10-11,13-14H2,1H3,(H,23,24);1H. The Bertz CT molecular complexity index is 813. The van der Waals surface area contributed by atoms with Gasteiger partial charge < -0.3 is 14.7 Å². The van der Waals surface area contributed by atoms with Gasteiger partial charge in [-0.2, -0.15) is 4.98 Å². The van der Waals surface area contributed by atoms with E-state index in [4.69, 9.17) is 21.1 Å². The van der Waals surface area contributed by atoms with Crippen molar-refractivity contribution < 1.29 is 4.52 Å². The molecule has 1 saturated carbocycles. The van der Waals surface area contributed by atoms with Crippen LogP contribution >= 0.6 is 35.6 Å². The van der Waals surface area contributed by atoms with Crippen molar-refractivity contribution in [3.63, 3.8) is 0 Å². The third-order valence-corrected chi connectivity index (χ3v) is 5.98. The highest BCUT2D eigenvalue weighted by Gasteiger charge is 2.35. The van der Waals surface area contributed by atoms with E-state index >= 15 is 0 Å². The molecule has 8 heteroatoms. The summed E-state index contributed by atoms with van der Waals surface area (Å²) in [6.07, 6.45) is 6.14. The molecule has 6 nitrogen and oxygen atoms in total. The maximum Gasteiger partial charge on any atom is 0.228 e. The van der Waals surface area contributed by atoms with Gasteiger partial charge >= 0.3 is 0 Å². The summed E-state index contributed by atoms with van der Waals surface area (Å²) in [5, 5.41) is 8.18. The Morgan fingerprint density at radius 2 is 2.03 bits per heavy atom. The highest BCUT2D eigenvalue weighted by molar-refractivity contribution is 14.0. The minimum atomic E-state index is 0. The van der Waals surface area contributed by atoms with E-state index in [1.165, 1.54) is 25.7 Å². The summed E-state index contributed by atoms with van der Waals surface area (Å²) >= 11 is 6.04. The van der Waals surface area contributed by atoms with Crippen LogP contribution in [0.1, 0.15) is 38.5 Å². The molecule has 0 bridgehead atoms. The monoisotopic (exact) mass is 529 g/mol. The fourth-order valence-corrected chi connectivity index (χ4v) is 4.55. The first-order valence-corrected chi connectivity index (χ1v) is 10.7. The maximum absolute atomic E-state index is 6.04. The van der Waals surface area contributed by atoms with Crippen molar-refractivity contribution in [2.75, 3.05) is 26.2 Å². The van der Waals surface area contributed by atoms with Gasteiger partial charge in [0.05, 0.1) is 6.54 Å². The summed E-state index contributed by atoms with van der Waals surface area (Å²) in [6, 6.07) is 7.48. The van der Waals surface area contributed by atoms with Gasteiger partial charge in [0.15, 0.2) is 5.96 Å². The lowest BCUT2D eigenvalue weighted by Gasteiger charge is -2.22. The van der Waals surface area contributed by atoms with Crippen LogP contribution in [0.2, 0.25) is 5.02 Å². The van der Waals surface area contributed by atoms with E-state index in [-0.39, 0.29) is 24.0 Å². The molecule has 0 spiro atoms. The predicted octanol–water partition coefficient (Wildman–Crippen LogP) is 4.64. The number of rotatable bonds is 5. The molecule has 0 radical (unpaired) electrons. The predicted molar refractivity (Wildman–Crippen MR) is 127 cm³/mol. The first-order valence-electron chi connectivity index (χ1n) is 10.3. The molecule has 1 aliphatic carbocycles. The zero-order valence-corrected chi connectivity index (χ0v) is 19.9. The Kier molecular flexibility index (Phi) is 8.17. The molecule has 2 aliphatic rings. The number of fused-ring (bicyclic) bond motifs is 1. The summed E-state index contributed by atoms with van der Waals surface area (Å²) < 4.78 is 5.40. The fraction of sp³-hybridized carbons (Fsp3) is 0.571. The van der Waals surface area contributed by atoms with Gasteiger partial charge in [-0.1, -0.05) is 41.7 Å². The van der Waals surface area contributed by atoms with Crippen LogP contribution in [0.5, 0.6) is 0 Å². The number of hydrogen-bond donors (Lipinski definition) is 1. The topological polar surface area (TPSA) is 66.5 Å². The van der Waals surface area contributed by atoms with Crippen molar-refractivity contribution in [3.05, 3.63) is 35.2 Å². The minimum absolute atomic E-state index is 0. The van der Waals surface area contributed by atoms with E-state index in [2.05, 4.69) is 27.3 Å². The van der Waals surface area contributed by atoms with E-state index in [1.54, 1.807) is 0 Å². The second kappa shape index (κ2) is 10.6. The van der Waals surface area contributed by atoms with Crippen LogP contribution in [0.4, 0.5) is 0 Å². The molecule has 1 aromatic carbocycles. The lowest BCUT2D eigenvalue weighted by Crippen LogP contribution is -2.40. The van der Waals surface area contributed by atoms with Crippen LogP contribution < -0.4 is 5.32 Å². The van der Waals surface area contributed by atoms with Gasteiger partial charge in [-0.3, -0.25) is 4.99 Å². The molecule has 2 heterocycles. The molecule has 2 unspecified atom stereocenters. The van der Waals surface area contributed by atoms with E-state index in [0.717, 1.165) is 43.0 Å². The van der Waals surface area contributed by atoms with E-state index in [9.17, 15) is 0 Å². The van der Waals surface area contributed by atoms with Crippen LogP contribution in [0.25, 0.3) is 11.4 Å². The molecule has 2 atom stereocenters. The summed E-state index contributed by atoms with van der Waals surface area (Å²) in [5.74, 6) is 3.87. The first-order chi connectivity index (χ1) is 13.7. The van der Waals surface area contributed by atoms with Gasteiger partial charge in [0.25, 0.3) is 0 Å². The van der Waals surface area contributed by atoms with Crippen molar-refractivity contribution in [3.8, 4) is 11.4 Å². The molecular weight excluding hydrogens is 501 g/mol. The lowest BCUT2D eigenvalue weighted by molar-refractivity contribution is 0.299. The van der Waals surface area contributed by atoms with Gasteiger partial charge in [0.2, 0.25) is 11.7 Å². The molecule has 4 rings (SSSR count). The number of guanidine groups is 1. The summed E-state index contributed by atoms with van der Waals surface area (Å²) in [5.41, 5.74) is 0.860. The van der Waals surface area contributed by atoms with Gasteiger partial charge in [-0.05, 0) is 43.7 Å². The highest BCUT2D eigenvalue weighted by Crippen LogP contribution is 2.35. The Labute approximate surface area is 194 Å². The first kappa shape index (κ1) is 22.3. The molecular formula is C21H29ClIN5O. The number of hydrogen-bond acceptors (Lipinski definition) is 4. The van der Waals surface area contributed by atoms with Gasteiger partial charge in [0.1, 0.15) is 0 Å². The zero-order chi connectivity index (χ0) is 19.3. The average Bonchev–Trinajstić information content (AvgIpc) is 3.34. The third kappa shape index (κ3) is 5.63. The van der Waals surface area contributed by atoms with Crippen molar-refractivity contribution >= 4 is 41.5 Å². The second-order valence-electron chi connectivity index (χ2n) is 7.72. The van der Waals surface area contributed by atoms with E-state index in [1.807, 2.05) is 24.3 Å². The molecule has 1 saturated heterocycles. The number of aliphatic imine (C=N–C) groups is 1. The maximum atomic E-state index is 6.04. The van der Waals surface area contributed by atoms with Gasteiger partial charge in [0, 0.05) is 36.6 Å². The van der Waals surface area contributed by atoms with Gasteiger partial charge in [-0.25, -0.2) is 0 Å². The van der Waals surface area contributed by atoms with Crippen molar-refractivity contribution in [2.45, 2.75) is 39.0 Å². The van der Waals surface area contributed by atoms with Gasteiger partial charge in [-0.15, -0.1) is 24.0 Å². The van der Waals surface area contributed by atoms with E-state index < -0.39 is 0 Å². The third-order valence-electron chi connectivity index (χ3n) is 5.75. The van der Waals surface area contributed by atoms with Crippen LogP contribution in [-0.2, 0) is 6.42 Å². The largest absolute Gasteiger partial charge is 0.357 e. The Hall–Kier alpha value is -1.35.